The second-order valence-corrected chi connectivity index (χ2v) is 4.35. The molecule has 1 fully saturated rings. The van der Waals surface area contributed by atoms with E-state index in [1.165, 1.54) is 0 Å². The van der Waals surface area contributed by atoms with E-state index in [0.717, 1.165) is 25.1 Å². The molecule has 0 bridgehead atoms. The Balaban J connectivity index is 2.15. The number of aliphatic hydroxyl groups is 1. The molecule has 0 aromatic carbocycles. The van der Waals surface area contributed by atoms with E-state index in [2.05, 4.69) is 9.88 Å². The molecule has 0 radical (unpaired) electrons. The van der Waals surface area contributed by atoms with Gasteiger partial charge in [-0.05, 0) is 25.0 Å². The van der Waals surface area contributed by atoms with Gasteiger partial charge in [-0.15, -0.1) is 0 Å². The summed E-state index contributed by atoms with van der Waals surface area (Å²) >= 11 is 0. The van der Waals surface area contributed by atoms with Gasteiger partial charge in [-0.1, -0.05) is 6.92 Å². The van der Waals surface area contributed by atoms with Crippen molar-refractivity contribution in [1.29, 1.82) is 0 Å². The van der Waals surface area contributed by atoms with E-state index >= 15 is 0 Å². The summed E-state index contributed by atoms with van der Waals surface area (Å²) < 4.78 is 0. The molecule has 0 amide bonds. The molecule has 2 heterocycles. The standard InChI is InChI=1S/C13H18N2O2/c1-2-13(17)12-6-5-10(8-14-12)15-7-3-4-11(15)9-16/h5-6,8,11,16H,2-4,7,9H2,1H3. The Labute approximate surface area is 101 Å². The van der Waals surface area contributed by atoms with Crippen molar-refractivity contribution in [2.24, 2.45) is 0 Å². The fourth-order valence-corrected chi connectivity index (χ4v) is 2.27. The number of aromatic nitrogens is 1. The van der Waals surface area contributed by atoms with Crippen LogP contribution in [0.25, 0.3) is 0 Å². The van der Waals surface area contributed by atoms with Crippen molar-refractivity contribution in [1.82, 2.24) is 4.98 Å². The molecule has 2 rings (SSSR count). The molecule has 1 aromatic rings. The van der Waals surface area contributed by atoms with Crippen molar-refractivity contribution >= 4 is 11.5 Å². The molecule has 4 nitrogen and oxygen atoms in total. The highest BCUT2D eigenvalue weighted by atomic mass is 16.3. The number of hydrogen-bond donors (Lipinski definition) is 1. The number of aliphatic hydroxyl groups excluding tert-OH is 1. The highest BCUT2D eigenvalue weighted by Gasteiger charge is 2.24. The number of Topliss-reactive ketones (excluding diaryl/α,β-unsaturated/α-hetero) is 1. The van der Waals surface area contributed by atoms with E-state index < -0.39 is 0 Å². The lowest BCUT2D eigenvalue weighted by Crippen LogP contribution is -2.32. The van der Waals surface area contributed by atoms with Crippen LogP contribution in [0.1, 0.15) is 36.7 Å². The number of pyridine rings is 1. The molecule has 1 atom stereocenters. The van der Waals surface area contributed by atoms with Crippen LogP contribution < -0.4 is 4.90 Å². The maximum Gasteiger partial charge on any atom is 0.180 e. The van der Waals surface area contributed by atoms with Crippen LogP contribution in [-0.2, 0) is 0 Å². The summed E-state index contributed by atoms with van der Waals surface area (Å²) in [5.41, 5.74) is 1.52. The Hall–Kier alpha value is -1.42. The van der Waals surface area contributed by atoms with Crippen molar-refractivity contribution in [2.45, 2.75) is 32.2 Å². The Bertz CT molecular complexity index is 389. The van der Waals surface area contributed by atoms with Gasteiger partial charge in [-0.25, -0.2) is 0 Å². The Morgan fingerprint density at radius 2 is 2.41 bits per heavy atom. The first-order valence-corrected chi connectivity index (χ1v) is 6.13. The van der Waals surface area contributed by atoms with Gasteiger partial charge in [0.1, 0.15) is 5.69 Å². The molecule has 1 aliphatic heterocycles. The first kappa shape index (κ1) is 12.0. The van der Waals surface area contributed by atoms with Gasteiger partial charge in [0, 0.05) is 13.0 Å². The van der Waals surface area contributed by atoms with Crippen molar-refractivity contribution < 1.29 is 9.90 Å². The lowest BCUT2D eigenvalue weighted by molar-refractivity contribution is 0.0983. The third kappa shape index (κ3) is 2.47. The zero-order valence-corrected chi connectivity index (χ0v) is 10.1. The minimum Gasteiger partial charge on any atom is -0.394 e. The lowest BCUT2D eigenvalue weighted by atomic mass is 10.2. The fraction of sp³-hybridized carbons (Fsp3) is 0.538. The SMILES string of the molecule is CCC(=O)c1ccc(N2CCCC2CO)cn1. The van der Waals surface area contributed by atoms with Crippen LogP contribution in [0.2, 0.25) is 0 Å². The summed E-state index contributed by atoms with van der Waals surface area (Å²) in [7, 11) is 0. The molecule has 0 spiro atoms. The van der Waals surface area contributed by atoms with Crippen LogP contribution in [0.4, 0.5) is 5.69 Å². The monoisotopic (exact) mass is 234 g/mol. The average Bonchev–Trinajstić information content (AvgIpc) is 2.86. The third-order valence-corrected chi connectivity index (χ3v) is 3.27. The fourth-order valence-electron chi connectivity index (χ4n) is 2.27. The zero-order valence-electron chi connectivity index (χ0n) is 10.1. The normalized spacial score (nSPS) is 19.6. The number of carbonyl (C=O) groups is 1. The van der Waals surface area contributed by atoms with Gasteiger partial charge in [0.15, 0.2) is 5.78 Å². The van der Waals surface area contributed by atoms with E-state index in [1.54, 1.807) is 12.3 Å². The zero-order chi connectivity index (χ0) is 12.3. The van der Waals surface area contributed by atoms with Gasteiger partial charge in [-0.2, -0.15) is 0 Å². The van der Waals surface area contributed by atoms with Crippen LogP contribution in [0, 0.1) is 0 Å². The second kappa shape index (κ2) is 5.27. The Morgan fingerprint density at radius 3 is 3.00 bits per heavy atom. The summed E-state index contributed by atoms with van der Waals surface area (Å²) in [4.78, 5) is 17.8. The first-order valence-electron chi connectivity index (χ1n) is 6.13. The Morgan fingerprint density at radius 1 is 1.59 bits per heavy atom. The molecule has 92 valence electrons. The highest BCUT2D eigenvalue weighted by molar-refractivity contribution is 5.94. The quantitative estimate of drug-likeness (QED) is 0.805. The summed E-state index contributed by atoms with van der Waals surface area (Å²) in [6.07, 6.45) is 4.33. The van der Waals surface area contributed by atoms with Crippen molar-refractivity contribution in [3.63, 3.8) is 0 Å². The van der Waals surface area contributed by atoms with E-state index in [-0.39, 0.29) is 18.4 Å². The molecule has 17 heavy (non-hydrogen) atoms. The highest BCUT2D eigenvalue weighted by Crippen LogP contribution is 2.24. The van der Waals surface area contributed by atoms with E-state index in [0.29, 0.717) is 12.1 Å². The molecule has 1 N–H and O–H groups in total. The van der Waals surface area contributed by atoms with Crippen molar-refractivity contribution in [3.05, 3.63) is 24.0 Å². The van der Waals surface area contributed by atoms with Gasteiger partial charge in [0.25, 0.3) is 0 Å². The predicted molar refractivity (Wildman–Crippen MR) is 66.3 cm³/mol. The number of anilines is 1. The number of carbonyl (C=O) groups excluding carboxylic acids is 1. The van der Waals surface area contributed by atoms with Gasteiger partial charge in [-0.3, -0.25) is 9.78 Å². The van der Waals surface area contributed by atoms with E-state index in [1.807, 2.05) is 13.0 Å². The molecular weight excluding hydrogens is 216 g/mol. The smallest absolute Gasteiger partial charge is 0.180 e. The summed E-state index contributed by atoms with van der Waals surface area (Å²) in [5.74, 6) is 0.0664. The van der Waals surface area contributed by atoms with Gasteiger partial charge in [0.05, 0.1) is 24.5 Å². The number of rotatable bonds is 4. The molecule has 1 aromatic heterocycles. The molecule has 1 aliphatic rings. The third-order valence-electron chi connectivity index (χ3n) is 3.27. The van der Waals surface area contributed by atoms with Gasteiger partial charge < -0.3 is 10.0 Å². The van der Waals surface area contributed by atoms with Crippen LogP contribution in [0.3, 0.4) is 0 Å². The minimum absolute atomic E-state index is 0.0664. The molecule has 1 unspecified atom stereocenters. The van der Waals surface area contributed by atoms with Gasteiger partial charge in [0.2, 0.25) is 0 Å². The molecule has 1 saturated heterocycles. The number of ketones is 1. The van der Waals surface area contributed by atoms with Crippen molar-refractivity contribution in [3.8, 4) is 0 Å². The second-order valence-electron chi connectivity index (χ2n) is 4.35. The predicted octanol–water partition coefficient (Wildman–Crippen LogP) is 1.64. The van der Waals surface area contributed by atoms with E-state index in [4.69, 9.17) is 0 Å². The molecular formula is C13H18N2O2. The van der Waals surface area contributed by atoms with E-state index in [9.17, 15) is 9.90 Å². The minimum atomic E-state index is 0.0664. The van der Waals surface area contributed by atoms with Crippen LogP contribution in [0.15, 0.2) is 18.3 Å². The summed E-state index contributed by atoms with van der Waals surface area (Å²) in [6.45, 7) is 2.96. The van der Waals surface area contributed by atoms with Crippen LogP contribution in [-0.4, -0.2) is 35.1 Å². The van der Waals surface area contributed by atoms with Crippen molar-refractivity contribution in [2.75, 3.05) is 18.1 Å². The summed E-state index contributed by atoms with van der Waals surface area (Å²) in [5, 5.41) is 9.26. The maximum atomic E-state index is 11.5. The average molecular weight is 234 g/mol. The molecule has 4 heteroatoms. The topological polar surface area (TPSA) is 53.4 Å². The maximum absolute atomic E-state index is 11.5. The molecule has 0 saturated carbocycles. The Kier molecular flexibility index (Phi) is 3.74. The number of hydrogen-bond acceptors (Lipinski definition) is 4. The van der Waals surface area contributed by atoms with Crippen LogP contribution >= 0.6 is 0 Å². The lowest BCUT2D eigenvalue weighted by Gasteiger charge is -2.24. The first-order chi connectivity index (χ1) is 8.26. The van der Waals surface area contributed by atoms with Crippen LogP contribution in [0.5, 0.6) is 0 Å². The largest absolute Gasteiger partial charge is 0.394 e. The number of nitrogens with zero attached hydrogens (tertiary/aromatic N) is 2. The summed E-state index contributed by atoms with van der Waals surface area (Å²) in [6, 6.07) is 3.89. The van der Waals surface area contributed by atoms with Gasteiger partial charge >= 0.3 is 0 Å². The molecule has 0 aliphatic carbocycles.